The van der Waals surface area contributed by atoms with Crippen molar-refractivity contribution in [3.8, 4) is 0 Å². The lowest BCUT2D eigenvalue weighted by Gasteiger charge is -2.19. The Hall–Kier alpha value is -4.64. The average molecular weight is 552 g/mol. The summed E-state index contributed by atoms with van der Waals surface area (Å²) in [6.07, 6.45) is -2.32. The Morgan fingerprint density at radius 2 is 1.56 bits per heavy atom. The van der Waals surface area contributed by atoms with Gasteiger partial charge in [-0.25, -0.2) is 8.42 Å². The van der Waals surface area contributed by atoms with E-state index in [1.54, 1.807) is 36.4 Å². The van der Waals surface area contributed by atoms with Crippen molar-refractivity contribution in [2.24, 2.45) is 0 Å². The molecule has 2 N–H and O–H groups in total. The topological polar surface area (TPSA) is 95.6 Å². The highest BCUT2D eigenvalue weighted by Gasteiger charge is 2.35. The fraction of sp³-hybridized carbons (Fsp3) is 0.0714. The zero-order chi connectivity index (χ0) is 27.8. The standard InChI is InChI=1S/C28H20F3N3O4S/c29-28(30,31)22-7-1-4-18(16-22)12-15-25(35)32-33-27(36)21-13-10-19(11-14-21)17-34-23-8-2-5-20-6-3-9-24(26(20)23)39(34,37)38/h1-16H,17H2,(H,32,35)(H,33,36). The van der Waals surface area contributed by atoms with Gasteiger partial charge in [-0.1, -0.05) is 48.5 Å². The minimum Gasteiger partial charge on any atom is -0.268 e. The number of nitrogens with one attached hydrogen (secondary N) is 2. The monoisotopic (exact) mass is 551 g/mol. The van der Waals surface area contributed by atoms with Gasteiger partial charge in [0.1, 0.15) is 0 Å². The van der Waals surface area contributed by atoms with Crippen molar-refractivity contribution in [1.29, 1.82) is 0 Å². The molecule has 0 atom stereocenters. The molecule has 1 aliphatic heterocycles. The Morgan fingerprint density at radius 3 is 2.28 bits per heavy atom. The molecular formula is C28H20F3N3O4S. The van der Waals surface area contributed by atoms with Gasteiger partial charge >= 0.3 is 6.18 Å². The van der Waals surface area contributed by atoms with Crippen LogP contribution in [0.1, 0.15) is 27.0 Å². The van der Waals surface area contributed by atoms with Gasteiger partial charge in [0.25, 0.3) is 21.8 Å². The zero-order valence-corrected chi connectivity index (χ0v) is 20.9. The highest BCUT2D eigenvalue weighted by atomic mass is 32.2. The first-order valence-corrected chi connectivity index (χ1v) is 13.1. The first-order valence-electron chi connectivity index (χ1n) is 11.6. The number of sulfonamides is 1. The maximum Gasteiger partial charge on any atom is 0.416 e. The predicted octanol–water partition coefficient (Wildman–Crippen LogP) is 5.04. The van der Waals surface area contributed by atoms with Gasteiger partial charge in [-0.2, -0.15) is 13.2 Å². The molecule has 7 nitrogen and oxygen atoms in total. The quantitative estimate of drug-likeness (QED) is 0.268. The average Bonchev–Trinajstić information content (AvgIpc) is 3.14. The van der Waals surface area contributed by atoms with Crippen LogP contribution in [-0.4, -0.2) is 20.2 Å². The molecule has 1 aliphatic rings. The van der Waals surface area contributed by atoms with Crippen molar-refractivity contribution in [3.05, 3.63) is 113 Å². The molecule has 0 fully saturated rings. The van der Waals surface area contributed by atoms with Crippen LogP contribution in [0.5, 0.6) is 0 Å². The van der Waals surface area contributed by atoms with E-state index in [9.17, 15) is 31.2 Å². The van der Waals surface area contributed by atoms with Crippen molar-refractivity contribution in [3.63, 3.8) is 0 Å². The van der Waals surface area contributed by atoms with E-state index in [0.717, 1.165) is 23.6 Å². The highest BCUT2D eigenvalue weighted by molar-refractivity contribution is 7.93. The fourth-order valence-electron chi connectivity index (χ4n) is 4.28. The Labute approximate surface area is 221 Å². The number of hydrogen-bond donors (Lipinski definition) is 2. The van der Waals surface area contributed by atoms with Crippen LogP contribution in [0.4, 0.5) is 18.9 Å². The third-order valence-corrected chi connectivity index (χ3v) is 7.97. The van der Waals surface area contributed by atoms with Crippen LogP contribution in [0.2, 0.25) is 0 Å². The molecule has 0 saturated heterocycles. The second-order valence-electron chi connectivity index (χ2n) is 8.74. The van der Waals surface area contributed by atoms with E-state index in [4.69, 9.17) is 0 Å². The molecule has 0 spiro atoms. The summed E-state index contributed by atoms with van der Waals surface area (Å²) in [5.41, 5.74) is 5.16. The third-order valence-electron chi connectivity index (χ3n) is 6.16. The molecule has 198 valence electrons. The summed E-state index contributed by atoms with van der Waals surface area (Å²) in [6.45, 7) is 0.0646. The van der Waals surface area contributed by atoms with Crippen molar-refractivity contribution < 1.29 is 31.2 Å². The van der Waals surface area contributed by atoms with Crippen LogP contribution in [0, 0.1) is 0 Å². The van der Waals surface area contributed by atoms with Gasteiger partial charge in [0.2, 0.25) is 0 Å². The Kier molecular flexibility index (Phi) is 6.61. The van der Waals surface area contributed by atoms with Gasteiger partial charge in [-0.3, -0.25) is 24.7 Å². The zero-order valence-electron chi connectivity index (χ0n) is 20.1. The summed E-state index contributed by atoms with van der Waals surface area (Å²) in [7, 11) is -3.73. The van der Waals surface area contributed by atoms with Crippen LogP contribution in [0.3, 0.4) is 0 Å². The van der Waals surface area contributed by atoms with E-state index in [1.165, 1.54) is 34.6 Å². The Bertz CT molecular complexity index is 1730. The number of benzene rings is 4. The van der Waals surface area contributed by atoms with Crippen molar-refractivity contribution >= 4 is 44.4 Å². The molecule has 0 radical (unpaired) electrons. The van der Waals surface area contributed by atoms with Crippen molar-refractivity contribution in [1.82, 2.24) is 10.9 Å². The number of alkyl halides is 3. The lowest BCUT2D eigenvalue weighted by molar-refractivity contribution is -0.137. The van der Waals surface area contributed by atoms with E-state index in [1.807, 2.05) is 12.1 Å². The first kappa shape index (κ1) is 26.0. The van der Waals surface area contributed by atoms with Crippen LogP contribution in [0.15, 0.2) is 95.9 Å². The molecule has 0 saturated carbocycles. The summed E-state index contributed by atoms with van der Waals surface area (Å²) < 4.78 is 66.1. The van der Waals surface area contributed by atoms with Crippen LogP contribution >= 0.6 is 0 Å². The maximum absolute atomic E-state index is 13.2. The van der Waals surface area contributed by atoms with Gasteiger partial charge in [-0.05, 0) is 59.0 Å². The molecule has 0 bridgehead atoms. The number of anilines is 1. The van der Waals surface area contributed by atoms with E-state index >= 15 is 0 Å². The molecule has 2 amide bonds. The van der Waals surface area contributed by atoms with Crippen LogP contribution < -0.4 is 15.2 Å². The largest absolute Gasteiger partial charge is 0.416 e. The number of hydrazine groups is 1. The lowest BCUT2D eigenvalue weighted by atomic mass is 10.1. The van der Waals surface area contributed by atoms with Crippen molar-refractivity contribution in [2.45, 2.75) is 17.6 Å². The molecule has 0 aromatic heterocycles. The highest BCUT2D eigenvalue weighted by Crippen LogP contribution is 2.42. The smallest absolute Gasteiger partial charge is 0.268 e. The summed E-state index contributed by atoms with van der Waals surface area (Å²) in [5.74, 6) is -1.38. The molecule has 4 aromatic rings. The second-order valence-corrected chi connectivity index (χ2v) is 10.6. The van der Waals surface area contributed by atoms with E-state index < -0.39 is 33.6 Å². The number of carbonyl (C=O) groups excluding carboxylic acids is 2. The Morgan fingerprint density at radius 1 is 0.872 bits per heavy atom. The first-order chi connectivity index (χ1) is 18.5. The summed E-state index contributed by atoms with van der Waals surface area (Å²) >= 11 is 0. The summed E-state index contributed by atoms with van der Waals surface area (Å²) in [4.78, 5) is 24.7. The normalized spacial score (nSPS) is 14.1. The lowest BCUT2D eigenvalue weighted by Crippen LogP contribution is -2.40. The summed E-state index contributed by atoms with van der Waals surface area (Å²) in [5, 5.41) is 1.50. The van der Waals surface area contributed by atoms with Gasteiger partial charge in [0.15, 0.2) is 0 Å². The second kappa shape index (κ2) is 9.91. The van der Waals surface area contributed by atoms with E-state index in [0.29, 0.717) is 16.6 Å². The van der Waals surface area contributed by atoms with Crippen LogP contribution in [-0.2, 0) is 27.5 Å². The number of nitrogens with zero attached hydrogens (tertiary/aromatic N) is 1. The molecule has 0 unspecified atom stereocenters. The minimum atomic E-state index is -4.50. The predicted molar refractivity (Wildman–Crippen MR) is 140 cm³/mol. The molecule has 11 heteroatoms. The number of carbonyl (C=O) groups is 2. The number of rotatable bonds is 5. The van der Waals surface area contributed by atoms with Crippen LogP contribution in [0.25, 0.3) is 16.8 Å². The SMILES string of the molecule is O=C(C=Cc1cccc(C(F)(F)F)c1)NNC(=O)c1ccc(CN2c3cccc4cccc(c34)S2(=O)=O)cc1. The number of hydrogen-bond acceptors (Lipinski definition) is 4. The molecule has 4 aromatic carbocycles. The van der Waals surface area contributed by atoms with E-state index in [2.05, 4.69) is 10.9 Å². The van der Waals surface area contributed by atoms with Gasteiger partial charge in [0.05, 0.1) is 22.7 Å². The minimum absolute atomic E-state index is 0.0646. The van der Waals surface area contributed by atoms with Gasteiger partial charge in [-0.15, -0.1) is 0 Å². The summed E-state index contributed by atoms with van der Waals surface area (Å²) in [6, 6.07) is 21.2. The Balaban J connectivity index is 1.21. The molecule has 39 heavy (non-hydrogen) atoms. The van der Waals surface area contributed by atoms with E-state index in [-0.39, 0.29) is 22.6 Å². The molecule has 0 aliphatic carbocycles. The third kappa shape index (κ3) is 5.21. The molecular weight excluding hydrogens is 531 g/mol. The molecule has 1 heterocycles. The van der Waals surface area contributed by atoms with Gasteiger partial charge in [0, 0.05) is 17.0 Å². The molecule has 5 rings (SSSR count). The fourth-order valence-corrected chi connectivity index (χ4v) is 5.98. The van der Waals surface area contributed by atoms with Gasteiger partial charge < -0.3 is 0 Å². The number of amides is 2. The number of halogens is 3. The maximum atomic E-state index is 13.2. The van der Waals surface area contributed by atoms with Crippen molar-refractivity contribution in [2.75, 3.05) is 4.31 Å².